The summed E-state index contributed by atoms with van der Waals surface area (Å²) in [5, 5.41) is 20.0. The fraction of sp³-hybridized carbons (Fsp3) is 0.111. The molecule has 120 valence electrons. The van der Waals surface area contributed by atoms with Crippen molar-refractivity contribution in [2.75, 3.05) is 0 Å². The maximum absolute atomic E-state index is 13.0. The van der Waals surface area contributed by atoms with Crippen LogP contribution in [-0.2, 0) is 22.7 Å². The van der Waals surface area contributed by atoms with Gasteiger partial charge in [-0.05, 0) is 37.1 Å². The van der Waals surface area contributed by atoms with E-state index < -0.39 is 9.84 Å². The first kappa shape index (κ1) is 16.8. The fourth-order valence-corrected chi connectivity index (χ4v) is 4.21. The first-order chi connectivity index (χ1) is 10.9. The number of phenols is 2. The van der Waals surface area contributed by atoms with Crippen LogP contribution in [0.3, 0.4) is 0 Å². The Morgan fingerprint density at radius 1 is 0.826 bits per heavy atom. The van der Waals surface area contributed by atoms with Crippen molar-refractivity contribution in [1.29, 1.82) is 0 Å². The highest BCUT2D eigenvalue weighted by atomic mass is 32.2. The molecule has 4 nitrogen and oxygen atoms in total. The van der Waals surface area contributed by atoms with Crippen LogP contribution in [0.15, 0.2) is 71.5 Å². The van der Waals surface area contributed by atoms with E-state index in [1.807, 2.05) is 0 Å². The molecule has 0 spiro atoms. The Labute approximate surface area is 136 Å². The summed E-state index contributed by atoms with van der Waals surface area (Å²) in [7, 11) is -3.91. The van der Waals surface area contributed by atoms with Crippen molar-refractivity contribution in [3.8, 4) is 11.5 Å². The van der Waals surface area contributed by atoms with Crippen LogP contribution in [0.1, 0.15) is 11.1 Å². The van der Waals surface area contributed by atoms with E-state index in [0.29, 0.717) is 0 Å². The van der Waals surface area contributed by atoms with E-state index in [-0.39, 0.29) is 45.3 Å². The van der Waals surface area contributed by atoms with Crippen molar-refractivity contribution in [3.63, 3.8) is 0 Å². The molecular weight excluding hydrogens is 312 g/mol. The van der Waals surface area contributed by atoms with Gasteiger partial charge in [-0.3, -0.25) is 0 Å². The van der Waals surface area contributed by atoms with Gasteiger partial charge in [-0.25, -0.2) is 8.42 Å². The molecule has 0 atom stereocenters. The minimum absolute atomic E-state index is 0.00770. The van der Waals surface area contributed by atoms with E-state index in [1.54, 1.807) is 0 Å². The molecule has 0 bridgehead atoms. The first-order valence-electron chi connectivity index (χ1n) is 7.02. The number of allylic oxidation sites excluding steroid dienone is 2. The normalized spacial score (nSPS) is 11.1. The van der Waals surface area contributed by atoms with E-state index in [1.165, 1.54) is 48.6 Å². The topological polar surface area (TPSA) is 74.6 Å². The summed E-state index contributed by atoms with van der Waals surface area (Å²) in [5.74, 6) is -0.201. The second-order valence-corrected chi connectivity index (χ2v) is 6.88. The predicted octanol–water partition coefficient (Wildman–Crippen LogP) is 3.39. The molecule has 0 aliphatic carbocycles. The Hall–Kier alpha value is -2.53. The van der Waals surface area contributed by atoms with Crippen molar-refractivity contribution in [2.45, 2.75) is 22.6 Å². The summed E-state index contributed by atoms with van der Waals surface area (Å²) < 4.78 is 26.1. The molecule has 0 aromatic heterocycles. The van der Waals surface area contributed by atoms with Gasteiger partial charge in [-0.15, -0.1) is 13.2 Å². The number of hydrogen-bond acceptors (Lipinski definition) is 4. The minimum atomic E-state index is -3.91. The highest BCUT2D eigenvalue weighted by Crippen LogP contribution is 2.34. The lowest BCUT2D eigenvalue weighted by Crippen LogP contribution is -2.08. The number of benzene rings is 2. The lowest BCUT2D eigenvalue weighted by molar-refractivity contribution is 0.465. The van der Waals surface area contributed by atoms with Gasteiger partial charge in [0.1, 0.15) is 11.5 Å². The van der Waals surface area contributed by atoms with Gasteiger partial charge >= 0.3 is 0 Å². The van der Waals surface area contributed by atoms with E-state index in [2.05, 4.69) is 13.2 Å². The van der Waals surface area contributed by atoms with Crippen LogP contribution in [0.25, 0.3) is 0 Å². The molecule has 0 saturated carbocycles. The zero-order valence-corrected chi connectivity index (χ0v) is 13.4. The number of aromatic hydroxyl groups is 2. The van der Waals surface area contributed by atoms with Crippen molar-refractivity contribution in [3.05, 3.63) is 72.8 Å². The Kier molecular flexibility index (Phi) is 4.91. The zero-order valence-electron chi connectivity index (χ0n) is 12.6. The number of rotatable bonds is 6. The molecular formula is C18H18O4S. The second kappa shape index (κ2) is 6.71. The minimum Gasteiger partial charge on any atom is -0.508 e. The third-order valence-corrected chi connectivity index (χ3v) is 5.42. The SMILES string of the molecule is C=CCc1c(O)cccc1S(=O)(=O)c1cccc(O)c1CC=C. The third-order valence-electron chi connectivity index (χ3n) is 3.49. The molecule has 2 aromatic rings. The Balaban J connectivity index is 2.74. The van der Waals surface area contributed by atoms with Crippen molar-refractivity contribution < 1.29 is 18.6 Å². The van der Waals surface area contributed by atoms with Gasteiger partial charge in [0, 0.05) is 11.1 Å². The lowest BCUT2D eigenvalue weighted by atomic mass is 10.1. The van der Waals surface area contributed by atoms with Gasteiger partial charge in [-0.1, -0.05) is 24.3 Å². The van der Waals surface area contributed by atoms with Crippen LogP contribution in [-0.4, -0.2) is 18.6 Å². The third kappa shape index (κ3) is 3.14. The average molecular weight is 330 g/mol. The summed E-state index contributed by atoms with van der Waals surface area (Å²) >= 11 is 0. The Bertz CT molecular complexity index is 786. The van der Waals surface area contributed by atoms with Crippen molar-refractivity contribution in [1.82, 2.24) is 0 Å². The lowest BCUT2D eigenvalue weighted by Gasteiger charge is -2.14. The smallest absolute Gasteiger partial charge is 0.207 e. The van der Waals surface area contributed by atoms with Crippen LogP contribution in [0.4, 0.5) is 0 Å². The van der Waals surface area contributed by atoms with Crippen LogP contribution in [0.5, 0.6) is 11.5 Å². The van der Waals surface area contributed by atoms with Crippen LogP contribution in [0.2, 0.25) is 0 Å². The van der Waals surface area contributed by atoms with Gasteiger partial charge in [0.25, 0.3) is 0 Å². The van der Waals surface area contributed by atoms with E-state index in [4.69, 9.17) is 0 Å². The molecule has 23 heavy (non-hydrogen) atoms. The summed E-state index contributed by atoms with van der Waals surface area (Å²) in [6, 6.07) is 8.71. The molecule has 2 N–H and O–H groups in total. The quantitative estimate of drug-likeness (QED) is 0.796. The van der Waals surface area contributed by atoms with Crippen LogP contribution < -0.4 is 0 Å². The average Bonchev–Trinajstić information content (AvgIpc) is 2.51. The van der Waals surface area contributed by atoms with Gasteiger partial charge in [0.05, 0.1) is 9.79 Å². The maximum Gasteiger partial charge on any atom is 0.207 e. The monoisotopic (exact) mass is 330 g/mol. The molecule has 0 fully saturated rings. The molecule has 0 radical (unpaired) electrons. The molecule has 0 heterocycles. The zero-order chi connectivity index (χ0) is 17.0. The number of sulfone groups is 1. The largest absolute Gasteiger partial charge is 0.508 e. The van der Waals surface area contributed by atoms with Gasteiger partial charge < -0.3 is 10.2 Å². The molecule has 2 rings (SSSR count). The highest BCUT2D eigenvalue weighted by molar-refractivity contribution is 7.91. The van der Waals surface area contributed by atoms with E-state index in [9.17, 15) is 18.6 Å². The second-order valence-electron chi connectivity index (χ2n) is 5.00. The molecule has 0 aliphatic heterocycles. The van der Waals surface area contributed by atoms with Crippen LogP contribution in [0, 0.1) is 0 Å². The molecule has 0 saturated heterocycles. The van der Waals surface area contributed by atoms with Crippen molar-refractivity contribution >= 4 is 9.84 Å². The summed E-state index contributed by atoms with van der Waals surface area (Å²) in [4.78, 5) is 0.0154. The molecule has 0 amide bonds. The Morgan fingerprint density at radius 2 is 1.22 bits per heavy atom. The van der Waals surface area contributed by atoms with Gasteiger partial charge in [0.2, 0.25) is 9.84 Å². The standard InChI is InChI=1S/C18H18O4S/c1-3-7-13-15(19)9-5-11-17(13)23(21,22)18-12-6-10-16(20)14(18)8-4-2/h3-6,9-12,19-20H,1-2,7-8H2. The predicted molar refractivity (Wildman–Crippen MR) is 89.5 cm³/mol. The van der Waals surface area contributed by atoms with Gasteiger partial charge in [0.15, 0.2) is 0 Å². The first-order valence-corrected chi connectivity index (χ1v) is 8.50. The molecule has 5 heteroatoms. The molecule has 0 unspecified atom stereocenters. The summed E-state index contributed by atoms with van der Waals surface area (Å²) in [6.45, 7) is 7.19. The van der Waals surface area contributed by atoms with Gasteiger partial charge in [-0.2, -0.15) is 0 Å². The number of hydrogen-bond donors (Lipinski definition) is 2. The van der Waals surface area contributed by atoms with E-state index in [0.717, 1.165) is 0 Å². The molecule has 0 aliphatic rings. The highest BCUT2D eigenvalue weighted by Gasteiger charge is 2.26. The summed E-state index contributed by atoms with van der Waals surface area (Å²) in [5.41, 5.74) is 0.575. The van der Waals surface area contributed by atoms with E-state index >= 15 is 0 Å². The van der Waals surface area contributed by atoms with Crippen LogP contribution >= 0.6 is 0 Å². The number of phenolic OH excluding ortho intramolecular Hbond substituents is 2. The van der Waals surface area contributed by atoms with Crippen molar-refractivity contribution in [2.24, 2.45) is 0 Å². The molecule has 2 aromatic carbocycles. The summed E-state index contributed by atoms with van der Waals surface area (Å²) in [6.07, 6.45) is 3.50. The maximum atomic E-state index is 13.0. The Morgan fingerprint density at radius 3 is 1.57 bits per heavy atom. The fourth-order valence-electron chi connectivity index (χ4n) is 2.43.